The molecule has 1 heterocycles. The minimum Gasteiger partial charge on any atom is -0.320 e. The summed E-state index contributed by atoms with van der Waals surface area (Å²) in [5, 5.41) is 8.71. The summed E-state index contributed by atoms with van der Waals surface area (Å²) in [5.41, 5.74) is 0.920. The van der Waals surface area contributed by atoms with Crippen molar-refractivity contribution in [3.8, 4) is 17.3 Å². The van der Waals surface area contributed by atoms with Crippen molar-refractivity contribution in [3.05, 3.63) is 57.6 Å². The van der Waals surface area contributed by atoms with E-state index in [4.69, 9.17) is 5.26 Å². The van der Waals surface area contributed by atoms with Crippen molar-refractivity contribution in [2.45, 2.75) is 6.92 Å². The van der Waals surface area contributed by atoms with Crippen molar-refractivity contribution < 1.29 is 4.39 Å². The zero-order chi connectivity index (χ0) is 12.4. The summed E-state index contributed by atoms with van der Waals surface area (Å²) in [6.07, 6.45) is 0. The number of pyridine rings is 1. The van der Waals surface area contributed by atoms with Gasteiger partial charge >= 0.3 is 0 Å². The van der Waals surface area contributed by atoms with E-state index in [2.05, 4.69) is 4.98 Å². The normalized spacial score (nSPS) is 9.94. The second-order valence-corrected chi connectivity index (χ2v) is 3.66. The highest BCUT2D eigenvalue weighted by Gasteiger charge is 2.10. The van der Waals surface area contributed by atoms with Crippen LogP contribution in [-0.2, 0) is 0 Å². The van der Waals surface area contributed by atoms with Gasteiger partial charge in [0, 0.05) is 5.56 Å². The summed E-state index contributed by atoms with van der Waals surface area (Å²) in [7, 11) is 0. The van der Waals surface area contributed by atoms with Gasteiger partial charge in [0.2, 0.25) is 0 Å². The van der Waals surface area contributed by atoms with Crippen molar-refractivity contribution in [1.82, 2.24) is 4.98 Å². The number of halogens is 1. The van der Waals surface area contributed by atoms with E-state index in [-0.39, 0.29) is 5.56 Å². The molecule has 0 bridgehead atoms. The molecule has 0 aliphatic carbocycles. The average molecular weight is 228 g/mol. The molecule has 17 heavy (non-hydrogen) atoms. The van der Waals surface area contributed by atoms with Gasteiger partial charge in [-0.25, -0.2) is 4.39 Å². The lowest BCUT2D eigenvalue weighted by Crippen LogP contribution is -2.12. The van der Waals surface area contributed by atoms with Crippen LogP contribution in [0.3, 0.4) is 0 Å². The average Bonchev–Trinajstić information content (AvgIpc) is 2.32. The van der Waals surface area contributed by atoms with Crippen LogP contribution in [0.15, 0.2) is 35.1 Å². The van der Waals surface area contributed by atoms with Crippen LogP contribution < -0.4 is 5.56 Å². The zero-order valence-corrected chi connectivity index (χ0v) is 9.12. The number of benzene rings is 1. The Morgan fingerprint density at radius 3 is 2.71 bits per heavy atom. The molecule has 2 rings (SSSR count). The van der Waals surface area contributed by atoms with E-state index in [1.807, 2.05) is 0 Å². The summed E-state index contributed by atoms with van der Waals surface area (Å²) in [5.74, 6) is -0.407. The molecule has 0 radical (unpaired) electrons. The number of nitrogens with one attached hydrogen (secondary N) is 1. The Bertz CT molecular complexity index is 668. The van der Waals surface area contributed by atoms with E-state index < -0.39 is 11.4 Å². The molecule has 1 aromatic heterocycles. The maximum atomic E-state index is 13.6. The van der Waals surface area contributed by atoms with Gasteiger partial charge in [0.25, 0.3) is 5.56 Å². The summed E-state index contributed by atoms with van der Waals surface area (Å²) in [4.78, 5) is 14.0. The van der Waals surface area contributed by atoms with Crippen LogP contribution in [0.5, 0.6) is 0 Å². The molecule has 0 aliphatic heterocycles. The Morgan fingerprint density at radius 2 is 2.06 bits per heavy atom. The Morgan fingerprint density at radius 1 is 1.35 bits per heavy atom. The van der Waals surface area contributed by atoms with Crippen LogP contribution in [-0.4, -0.2) is 4.98 Å². The lowest BCUT2D eigenvalue weighted by atomic mass is 10.0. The Kier molecular flexibility index (Phi) is 2.75. The lowest BCUT2D eigenvalue weighted by molar-refractivity contribution is 0.630. The van der Waals surface area contributed by atoms with Gasteiger partial charge in [-0.3, -0.25) is 4.79 Å². The molecule has 0 spiro atoms. The third-order valence-corrected chi connectivity index (χ3v) is 2.50. The van der Waals surface area contributed by atoms with E-state index in [0.29, 0.717) is 16.8 Å². The van der Waals surface area contributed by atoms with Crippen LogP contribution in [0.25, 0.3) is 11.3 Å². The number of nitrogens with zero attached hydrogens (tertiary/aromatic N) is 1. The minimum atomic E-state index is -0.503. The van der Waals surface area contributed by atoms with Gasteiger partial charge < -0.3 is 4.98 Å². The first kappa shape index (κ1) is 11.1. The van der Waals surface area contributed by atoms with Crippen LogP contribution in [0.1, 0.15) is 11.1 Å². The summed E-state index contributed by atoms with van der Waals surface area (Å²) < 4.78 is 13.6. The third kappa shape index (κ3) is 1.95. The number of hydrogen-bond acceptors (Lipinski definition) is 2. The molecule has 0 fully saturated rings. The molecule has 1 N–H and O–H groups in total. The second kappa shape index (κ2) is 4.22. The number of aryl methyl sites for hydroxylation is 1. The third-order valence-electron chi connectivity index (χ3n) is 2.50. The molecule has 0 aliphatic rings. The zero-order valence-electron chi connectivity index (χ0n) is 9.12. The molecule has 1 aromatic carbocycles. The largest absolute Gasteiger partial charge is 0.320 e. The minimum absolute atomic E-state index is 0.0302. The number of rotatable bonds is 1. The number of hydrogen-bond donors (Lipinski definition) is 1. The molecule has 0 atom stereocenters. The van der Waals surface area contributed by atoms with E-state index in [1.165, 1.54) is 12.1 Å². The van der Waals surface area contributed by atoms with Crippen LogP contribution in [0.4, 0.5) is 4.39 Å². The predicted octanol–water partition coefficient (Wildman–Crippen LogP) is 2.36. The van der Waals surface area contributed by atoms with Crippen molar-refractivity contribution in [2.75, 3.05) is 0 Å². The first-order valence-corrected chi connectivity index (χ1v) is 5.02. The first-order chi connectivity index (χ1) is 8.13. The maximum Gasteiger partial charge on any atom is 0.266 e. The highest BCUT2D eigenvalue weighted by molar-refractivity contribution is 5.64. The quantitative estimate of drug-likeness (QED) is 0.814. The van der Waals surface area contributed by atoms with Gasteiger partial charge in [-0.15, -0.1) is 0 Å². The van der Waals surface area contributed by atoms with Gasteiger partial charge in [-0.05, 0) is 30.7 Å². The fourth-order valence-corrected chi connectivity index (χ4v) is 1.66. The second-order valence-electron chi connectivity index (χ2n) is 3.66. The molecule has 4 heteroatoms. The predicted molar refractivity (Wildman–Crippen MR) is 61.9 cm³/mol. The molecular formula is C13H9FN2O. The van der Waals surface area contributed by atoms with E-state index in [1.54, 1.807) is 31.2 Å². The monoisotopic (exact) mass is 228 g/mol. The summed E-state index contributed by atoms with van der Waals surface area (Å²) in [6.45, 7) is 1.72. The van der Waals surface area contributed by atoms with Crippen molar-refractivity contribution in [2.24, 2.45) is 0 Å². The molecule has 0 amide bonds. The Hall–Kier alpha value is -2.41. The number of nitriles is 1. The molecule has 2 aromatic rings. The highest BCUT2D eigenvalue weighted by atomic mass is 19.1. The highest BCUT2D eigenvalue weighted by Crippen LogP contribution is 2.22. The number of aromatic amines is 1. The molecule has 0 saturated carbocycles. The Labute approximate surface area is 97.2 Å². The maximum absolute atomic E-state index is 13.6. The van der Waals surface area contributed by atoms with Crippen LogP contribution in [0, 0.1) is 24.1 Å². The molecule has 0 saturated heterocycles. The topological polar surface area (TPSA) is 56.6 Å². The Balaban J connectivity index is 2.71. The van der Waals surface area contributed by atoms with Crippen molar-refractivity contribution in [3.63, 3.8) is 0 Å². The van der Waals surface area contributed by atoms with Gasteiger partial charge in [0.05, 0.1) is 5.69 Å². The SMILES string of the molecule is Cc1cc(C#N)c(=O)[nH]c1-c1ccccc1F. The van der Waals surface area contributed by atoms with Gasteiger partial charge in [0.15, 0.2) is 0 Å². The van der Waals surface area contributed by atoms with Gasteiger partial charge in [0.1, 0.15) is 17.4 Å². The summed E-state index contributed by atoms with van der Waals surface area (Å²) in [6, 6.07) is 9.43. The van der Waals surface area contributed by atoms with Crippen LogP contribution >= 0.6 is 0 Å². The van der Waals surface area contributed by atoms with Gasteiger partial charge in [-0.1, -0.05) is 12.1 Å². The molecule has 84 valence electrons. The molecule has 3 nitrogen and oxygen atoms in total. The smallest absolute Gasteiger partial charge is 0.266 e. The first-order valence-electron chi connectivity index (χ1n) is 5.02. The van der Waals surface area contributed by atoms with Crippen molar-refractivity contribution >= 4 is 0 Å². The van der Waals surface area contributed by atoms with E-state index >= 15 is 0 Å². The molecular weight excluding hydrogens is 219 g/mol. The van der Waals surface area contributed by atoms with E-state index in [9.17, 15) is 9.18 Å². The number of H-pyrrole nitrogens is 1. The standard InChI is InChI=1S/C13H9FN2O/c1-8-6-9(7-15)13(17)16-12(8)10-4-2-3-5-11(10)14/h2-6H,1H3,(H,16,17). The fraction of sp³-hybridized carbons (Fsp3) is 0.0769. The fourth-order valence-electron chi connectivity index (χ4n) is 1.66. The van der Waals surface area contributed by atoms with Crippen molar-refractivity contribution in [1.29, 1.82) is 5.26 Å². The van der Waals surface area contributed by atoms with Gasteiger partial charge in [-0.2, -0.15) is 5.26 Å². The lowest BCUT2D eigenvalue weighted by Gasteiger charge is -2.06. The van der Waals surface area contributed by atoms with E-state index in [0.717, 1.165) is 0 Å². The number of aromatic nitrogens is 1. The molecule has 0 unspecified atom stereocenters. The van der Waals surface area contributed by atoms with Crippen LogP contribution in [0.2, 0.25) is 0 Å². The summed E-state index contributed by atoms with van der Waals surface area (Å²) >= 11 is 0.